The number of hydrogen-bond donors (Lipinski definition) is 0. The van der Waals surface area contributed by atoms with Crippen LogP contribution in [0.1, 0.15) is 5.69 Å². The summed E-state index contributed by atoms with van der Waals surface area (Å²) in [6, 6.07) is 6.73. The van der Waals surface area contributed by atoms with E-state index in [1.54, 1.807) is 18.3 Å². The van der Waals surface area contributed by atoms with Crippen molar-refractivity contribution in [2.75, 3.05) is 0 Å². The quantitative estimate of drug-likeness (QED) is 0.765. The molecule has 1 aromatic heterocycles. The van der Waals surface area contributed by atoms with Gasteiger partial charge in [0.05, 0.1) is 5.69 Å². The molecule has 0 N–H and O–H groups in total. The van der Waals surface area contributed by atoms with E-state index in [2.05, 4.69) is 21.0 Å². The Balaban J connectivity index is 2.52. The molecule has 1 heterocycles. The monoisotopic (exact) mass is 254 g/mol. The number of rotatable bonds is 1. The molecule has 0 atom stereocenters. The van der Waals surface area contributed by atoms with Crippen LogP contribution in [0, 0.1) is 12.7 Å². The second kappa shape index (κ2) is 3.53. The summed E-state index contributed by atoms with van der Waals surface area (Å²) in [4.78, 5) is 0. The molecule has 0 spiro atoms. The van der Waals surface area contributed by atoms with Crippen LogP contribution in [0.5, 0.6) is 0 Å². The summed E-state index contributed by atoms with van der Waals surface area (Å²) in [6.07, 6.45) is 1.74. The highest BCUT2D eigenvalue weighted by atomic mass is 79.9. The molecule has 0 aliphatic heterocycles. The third kappa shape index (κ3) is 1.70. The van der Waals surface area contributed by atoms with Crippen molar-refractivity contribution in [1.29, 1.82) is 0 Å². The van der Waals surface area contributed by atoms with Gasteiger partial charge in [0.25, 0.3) is 0 Å². The van der Waals surface area contributed by atoms with Gasteiger partial charge in [0, 0.05) is 10.7 Å². The first kappa shape index (κ1) is 9.40. The van der Waals surface area contributed by atoms with Crippen LogP contribution in [0.3, 0.4) is 0 Å². The van der Waals surface area contributed by atoms with Crippen LogP contribution in [-0.4, -0.2) is 9.78 Å². The van der Waals surface area contributed by atoms with Gasteiger partial charge in [-0.05, 0) is 31.2 Å². The minimum Gasteiger partial charge on any atom is -0.238 e. The van der Waals surface area contributed by atoms with E-state index in [1.165, 1.54) is 10.7 Å². The molecule has 2 rings (SSSR count). The molecule has 0 saturated heterocycles. The number of nitrogens with zero attached hydrogens (tertiary/aromatic N) is 2. The standard InChI is InChI=1S/C10H8BrFN2/c1-7-4-5-14(13-7)10-3-2-8(11)6-9(10)12/h2-6H,1H3. The van der Waals surface area contributed by atoms with E-state index < -0.39 is 0 Å². The molecule has 0 saturated carbocycles. The minimum atomic E-state index is -0.289. The molecule has 72 valence electrons. The average Bonchev–Trinajstić information content (AvgIpc) is 2.51. The molecule has 4 heteroatoms. The molecule has 0 bridgehead atoms. The first-order valence-corrected chi connectivity index (χ1v) is 4.94. The fraction of sp³-hybridized carbons (Fsp3) is 0.100. The van der Waals surface area contributed by atoms with E-state index in [4.69, 9.17) is 0 Å². The SMILES string of the molecule is Cc1ccn(-c2ccc(Br)cc2F)n1. The molecule has 0 radical (unpaired) electrons. The van der Waals surface area contributed by atoms with Crippen molar-refractivity contribution in [1.82, 2.24) is 9.78 Å². The van der Waals surface area contributed by atoms with E-state index in [0.717, 1.165) is 10.2 Å². The van der Waals surface area contributed by atoms with Gasteiger partial charge < -0.3 is 0 Å². The molecule has 0 aliphatic carbocycles. The van der Waals surface area contributed by atoms with Crippen molar-refractivity contribution in [3.63, 3.8) is 0 Å². The maximum absolute atomic E-state index is 13.5. The Hall–Kier alpha value is -1.16. The topological polar surface area (TPSA) is 17.8 Å². The molecule has 0 amide bonds. The van der Waals surface area contributed by atoms with Gasteiger partial charge in [-0.2, -0.15) is 5.10 Å². The molecule has 0 unspecified atom stereocenters. The van der Waals surface area contributed by atoms with E-state index >= 15 is 0 Å². The van der Waals surface area contributed by atoms with Gasteiger partial charge >= 0.3 is 0 Å². The second-order valence-corrected chi connectivity index (χ2v) is 3.91. The third-order valence-electron chi connectivity index (χ3n) is 1.88. The lowest BCUT2D eigenvalue weighted by Crippen LogP contribution is -1.98. The Morgan fingerprint density at radius 2 is 2.14 bits per heavy atom. The smallest absolute Gasteiger partial charge is 0.149 e. The van der Waals surface area contributed by atoms with E-state index in [0.29, 0.717) is 5.69 Å². The fourth-order valence-corrected chi connectivity index (χ4v) is 1.55. The van der Waals surface area contributed by atoms with Gasteiger partial charge in [0.2, 0.25) is 0 Å². The number of halogens is 2. The minimum absolute atomic E-state index is 0.289. The van der Waals surface area contributed by atoms with Gasteiger partial charge in [-0.1, -0.05) is 15.9 Å². The van der Waals surface area contributed by atoms with E-state index in [-0.39, 0.29) is 5.82 Å². The van der Waals surface area contributed by atoms with E-state index in [9.17, 15) is 4.39 Å². The summed E-state index contributed by atoms with van der Waals surface area (Å²) in [5.74, 6) is -0.289. The van der Waals surface area contributed by atoms with Crippen molar-refractivity contribution in [2.24, 2.45) is 0 Å². The summed E-state index contributed by atoms with van der Waals surface area (Å²) >= 11 is 3.20. The Morgan fingerprint density at radius 3 is 2.71 bits per heavy atom. The molecular formula is C10H8BrFN2. The van der Waals surface area contributed by atoms with Crippen LogP contribution >= 0.6 is 15.9 Å². The number of hydrogen-bond acceptors (Lipinski definition) is 1. The lowest BCUT2D eigenvalue weighted by molar-refractivity contribution is 0.609. The highest BCUT2D eigenvalue weighted by molar-refractivity contribution is 9.10. The zero-order valence-corrected chi connectivity index (χ0v) is 9.12. The third-order valence-corrected chi connectivity index (χ3v) is 2.37. The van der Waals surface area contributed by atoms with Crippen LogP contribution in [0.2, 0.25) is 0 Å². The summed E-state index contributed by atoms with van der Waals surface area (Å²) in [5, 5.41) is 4.13. The maximum Gasteiger partial charge on any atom is 0.149 e. The van der Waals surface area contributed by atoms with Crippen molar-refractivity contribution < 1.29 is 4.39 Å². The molecule has 14 heavy (non-hydrogen) atoms. The number of aryl methyl sites for hydroxylation is 1. The summed E-state index contributed by atoms with van der Waals surface area (Å²) in [6.45, 7) is 1.87. The highest BCUT2D eigenvalue weighted by Crippen LogP contribution is 2.18. The van der Waals surface area contributed by atoms with Crippen LogP contribution in [-0.2, 0) is 0 Å². The summed E-state index contributed by atoms with van der Waals surface area (Å²) in [7, 11) is 0. The zero-order valence-electron chi connectivity index (χ0n) is 7.54. The lowest BCUT2D eigenvalue weighted by Gasteiger charge is -2.02. The fourth-order valence-electron chi connectivity index (χ4n) is 1.22. The van der Waals surface area contributed by atoms with E-state index in [1.807, 2.05) is 13.0 Å². The molecule has 2 nitrogen and oxygen atoms in total. The highest BCUT2D eigenvalue weighted by Gasteiger charge is 2.05. The predicted octanol–water partition coefficient (Wildman–Crippen LogP) is 3.08. The zero-order chi connectivity index (χ0) is 10.1. The maximum atomic E-state index is 13.5. The second-order valence-electron chi connectivity index (χ2n) is 3.00. The van der Waals surface area contributed by atoms with Crippen molar-refractivity contribution in [3.05, 3.63) is 46.4 Å². The average molecular weight is 255 g/mol. The predicted molar refractivity (Wildman–Crippen MR) is 56.0 cm³/mol. The Kier molecular flexibility index (Phi) is 2.37. The summed E-state index contributed by atoms with van der Waals surface area (Å²) < 4.78 is 15.7. The van der Waals surface area contributed by atoms with Gasteiger partial charge in [-0.25, -0.2) is 9.07 Å². The molecule has 1 aromatic carbocycles. The van der Waals surface area contributed by atoms with Gasteiger partial charge in [0.15, 0.2) is 0 Å². The van der Waals surface area contributed by atoms with Crippen molar-refractivity contribution in [2.45, 2.75) is 6.92 Å². The van der Waals surface area contributed by atoms with Crippen molar-refractivity contribution in [3.8, 4) is 5.69 Å². The number of benzene rings is 1. The molecule has 0 fully saturated rings. The van der Waals surface area contributed by atoms with Gasteiger partial charge in [-0.15, -0.1) is 0 Å². The first-order valence-electron chi connectivity index (χ1n) is 4.14. The summed E-state index contributed by atoms with van der Waals surface area (Å²) in [5.41, 5.74) is 1.33. The largest absolute Gasteiger partial charge is 0.238 e. The molecule has 2 aromatic rings. The normalized spacial score (nSPS) is 10.5. The van der Waals surface area contributed by atoms with Crippen LogP contribution in [0.15, 0.2) is 34.9 Å². The van der Waals surface area contributed by atoms with Crippen molar-refractivity contribution >= 4 is 15.9 Å². The Morgan fingerprint density at radius 1 is 1.36 bits per heavy atom. The first-order chi connectivity index (χ1) is 6.66. The lowest BCUT2D eigenvalue weighted by atomic mass is 10.3. The van der Waals surface area contributed by atoms with Gasteiger partial charge in [-0.3, -0.25) is 0 Å². The van der Waals surface area contributed by atoms with Crippen LogP contribution in [0.25, 0.3) is 5.69 Å². The van der Waals surface area contributed by atoms with Crippen LogP contribution < -0.4 is 0 Å². The number of aromatic nitrogens is 2. The van der Waals surface area contributed by atoms with Crippen LogP contribution in [0.4, 0.5) is 4.39 Å². The Labute approximate surface area is 89.5 Å². The molecular weight excluding hydrogens is 247 g/mol. The van der Waals surface area contributed by atoms with Gasteiger partial charge in [0.1, 0.15) is 11.5 Å². The Bertz CT molecular complexity index is 465. The molecule has 0 aliphatic rings.